The number of halogens is 3. The molecule has 2 nitrogen and oxygen atoms in total. The highest BCUT2D eigenvalue weighted by atomic mass is 35.6. The maximum atomic E-state index is 7.07. The summed E-state index contributed by atoms with van der Waals surface area (Å²) in [4.78, 5) is 0. The molecule has 0 aliphatic carbocycles. The topological polar surface area (TPSA) is 33.1 Å². The summed E-state index contributed by atoms with van der Waals surface area (Å²) in [7, 11) is 0. The van der Waals surface area contributed by atoms with Crippen LogP contribution >= 0.6 is 34.8 Å². The van der Waals surface area contributed by atoms with E-state index in [2.05, 4.69) is 6.58 Å². The van der Waals surface area contributed by atoms with Gasteiger partial charge in [0.2, 0.25) is 5.90 Å². The third kappa shape index (κ3) is 5.36. The minimum Gasteiger partial charge on any atom is -0.478 e. The van der Waals surface area contributed by atoms with Crippen LogP contribution in [0.2, 0.25) is 0 Å². The molecule has 0 aromatic heterocycles. The van der Waals surface area contributed by atoms with E-state index in [1.54, 1.807) is 6.08 Å². The molecule has 0 aromatic carbocycles. The molecule has 0 radical (unpaired) electrons. The second-order valence-electron chi connectivity index (χ2n) is 1.75. The van der Waals surface area contributed by atoms with Gasteiger partial charge >= 0.3 is 0 Å². The highest BCUT2D eigenvalue weighted by molar-refractivity contribution is 6.75. The van der Waals surface area contributed by atoms with Crippen molar-refractivity contribution in [2.24, 2.45) is 0 Å². The molecule has 0 rings (SSSR count). The molecule has 1 N–H and O–H groups in total. The van der Waals surface area contributed by atoms with Crippen LogP contribution in [0.4, 0.5) is 0 Å². The average Bonchev–Trinajstić information content (AvgIpc) is 1.86. The minimum absolute atomic E-state index is 0.316. The van der Waals surface area contributed by atoms with Gasteiger partial charge in [-0.1, -0.05) is 40.9 Å². The van der Waals surface area contributed by atoms with Gasteiger partial charge in [-0.15, -0.1) is 6.58 Å². The summed E-state index contributed by atoms with van der Waals surface area (Å²) in [6.45, 7) is 3.79. The van der Waals surface area contributed by atoms with Crippen molar-refractivity contribution in [1.82, 2.24) is 0 Å². The minimum atomic E-state index is -1.75. The van der Waals surface area contributed by atoms with E-state index >= 15 is 0 Å². The van der Waals surface area contributed by atoms with Crippen LogP contribution in [-0.2, 0) is 4.74 Å². The zero-order valence-corrected chi connectivity index (χ0v) is 8.01. The maximum Gasteiger partial charge on any atom is 0.265 e. The van der Waals surface area contributed by atoms with Gasteiger partial charge in [-0.2, -0.15) is 0 Å². The van der Waals surface area contributed by atoms with E-state index in [-0.39, 0.29) is 5.90 Å². The Morgan fingerprint density at radius 3 is 2.45 bits per heavy atom. The quantitative estimate of drug-likeness (QED) is 0.254. The molecule has 0 saturated carbocycles. The molecule has 0 aliphatic rings. The number of nitrogens with one attached hydrogen (secondary N) is 1. The Labute approximate surface area is 80.6 Å². The Bertz CT molecular complexity index is 152. The van der Waals surface area contributed by atoms with E-state index in [1.807, 2.05) is 0 Å². The maximum absolute atomic E-state index is 7.07. The van der Waals surface area contributed by atoms with E-state index in [4.69, 9.17) is 44.9 Å². The van der Waals surface area contributed by atoms with Crippen LogP contribution in [0.5, 0.6) is 0 Å². The smallest absolute Gasteiger partial charge is 0.265 e. The summed E-state index contributed by atoms with van der Waals surface area (Å²) in [6, 6.07) is 0. The van der Waals surface area contributed by atoms with Gasteiger partial charge in [-0.3, -0.25) is 5.41 Å². The first kappa shape index (κ1) is 11.1. The molecule has 0 amide bonds. The van der Waals surface area contributed by atoms with Crippen LogP contribution in [0, 0.1) is 5.41 Å². The molecule has 0 aliphatic heterocycles. The molecular weight excluding hydrogens is 208 g/mol. The van der Waals surface area contributed by atoms with Crippen LogP contribution in [-0.4, -0.2) is 16.3 Å². The lowest BCUT2D eigenvalue weighted by molar-refractivity contribution is 0.303. The van der Waals surface area contributed by atoms with Gasteiger partial charge in [0.05, 0.1) is 6.61 Å². The van der Waals surface area contributed by atoms with E-state index in [1.165, 1.54) is 0 Å². The second-order valence-corrected chi connectivity index (χ2v) is 4.03. The van der Waals surface area contributed by atoms with Gasteiger partial charge in [0.15, 0.2) is 0 Å². The molecule has 0 atom stereocenters. The Kier molecular flexibility index (Phi) is 4.89. The van der Waals surface area contributed by atoms with Crippen LogP contribution in [0.3, 0.4) is 0 Å². The average molecular weight is 216 g/mol. The molecule has 11 heavy (non-hydrogen) atoms. The zero-order valence-electron chi connectivity index (χ0n) is 5.74. The Balaban J connectivity index is 3.62. The normalized spacial score (nSPS) is 10.8. The summed E-state index contributed by atoms with van der Waals surface area (Å²) in [5.41, 5.74) is 0. The van der Waals surface area contributed by atoms with Crippen LogP contribution in [0.1, 0.15) is 6.42 Å². The largest absolute Gasteiger partial charge is 0.478 e. The molecule has 5 heteroatoms. The van der Waals surface area contributed by atoms with E-state index in [0.29, 0.717) is 13.0 Å². The molecule has 0 heterocycles. The van der Waals surface area contributed by atoms with Crippen molar-refractivity contribution >= 4 is 40.7 Å². The van der Waals surface area contributed by atoms with Crippen LogP contribution < -0.4 is 0 Å². The first-order chi connectivity index (χ1) is 4.98. The predicted molar refractivity (Wildman–Crippen MR) is 48.8 cm³/mol. The fraction of sp³-hybridized carbons (Fsp3) is 0.500. The SMILES string of the molecule is C=CCCOC(=N)C(Cl)(Cl)Cl. The molecule has 0 unspecified atom stereocenters. The lowest BCUT2D eigenvalue weighted by atomic mass is 10.4. The second kappa shape index (κ2) is 4.86. The van der Waals surface area contributed by atoms with Gasteiger partial charge in [0.1, 0.15) is 0 Å². The lowest BCUT2D eigenvalue weighted by Crippen LogP contribution is -2.21. The standard InChI is InChI=1S/C6H8Cl3NO/c1-2-3-4-11-5(10)6(7,8)9/h2,10H,1,3-4H2. The van der Waals surface area contributed by atoms with Crippen molar-refractivity contribution in [2.75, 3.05) is 6.61 Å². The first-order valence-electron chi connectivity index (χ1n) is 2.88. The number of ether oxygens (including phenoxy) is 1. The van der Waals surface area contributed by atoms with E-state index in [0.717, 1.165) is 0 Å². The summed E-state index contributed by atoms with van der Waals surface area (Å²) in [5.74, 6) is -0.357. The Morgan fingerprint density at radius 1 is 1.55 bits per heavy atom. The number of rotatable bonds is 3. The van der Waals surface area contributed by atoms with Crippen molar-refractivity contribution in [3.8, 4) is 0 Å². The summed E-state index contributed by atoms with van der Waals surface area (Å²) in [6.07, 6.45) is 2.29. The molecular formula is C6H8Cl3NO. The highest BCUT2D eigenvalue weighted by Crippen LogP contribution is 2.27. The van der Waals surface area contributed by atoms with E-state index in [9.17, 15) is 0 Å². The number of alkyl halides is 3. The van der Waals surface area contributed by atoms with Crippen molar-refractivity contribution < 1.29 is 4.74 Å². The van der Waals surface area contributed by atoms with Crippen LogP contribution in [0.25, 0.3) is 0 Å². The van der Waals surface area contributed by atoms with Gasteiger partial charge in [0.25, 0.3) is 3.79 Å². The number of hydrogen-bond donors (Lipinski definition) is 1. The summed E-state index contributed by atoms with van der Waals surface area (Å²) < 4.78 is 3.01. The van der Waals surface area contributed by atoms with Crippen molar-refractivity contribution in [3.05, 3.63) is 12.7 Å². The van der Waals surface area contributed by atoms with Crippen molar-refractivity contribution in [3.63, 3.8) is 0 Å². The predicted octanol–water partition coefficient (Wildman–Crippen LogP) is 2.93. The summed E-state index contributed by atoms with van der Waals surface area (Å²) >= 11 is 16.0. The highest BCUT2D eigenvalue weighted by Gasteiger charge is 2.28. The molecule has 0 saturated heterocycles. The number of hydrogen-bond acceptors (Lipinski definition) is 2. The first-order valence-corrected chi connectivity index (χ1v) is 4.01. The monoisotopic (exact) mass is 215 g/mol. The molecule has 0 spiro atoms. The fourth-order valence-electron chi connectivity index (χ4n) is 0.326. The fourth-order valence-corrected chi connectivity index (χ4v) is 0.490. The van der Waals surface area contributed by atoms with Gasteiger partial charge < -0.3 is 4.74 Å². The van der Waals surface area contributed by atoms with Gasteiger partial charge in [0, 0.05) is 0 Å². The lowest BCUT2D eigenvalue weighted by Gasteiger charge is -2.12. The Morgan fingerprint density at radius 2 is 2.09 bits per heavy atom. The molecule has 64 valence electrons. The van der Waals surface area contributed by atoms with Crippen molar-refractivity contribution in [1.29, 1.82) is 5.41 Å². The van der Waals surface area contributed by atoms with E-state index < -0.39 is 3.79 Å². The van der Waals surface area contributed by atoms with Gasteiger partial charge in [-0.05, 0) is 6.42 Å². The zero-order chi connectivity index (χ0) is 8.91. The summed E-state index contributed by atoms with van der Waals surface area (Å²) in [5, 5.41) is 7.07. The van der Waals surface area contributed by atoms with Crippen LogP contribution in [0.15, 0.2) is 12.7 Å². The third-order valence-electron chi connectivity index (χ3n) is 0.826. The van der Waals surface area contributed by atoms with Crippen molar-refractivity contribution in [2.45, 2.75) is 10.2 Å². The molecule has 0 bridgehead atoms. The third-order valence-corrected chi connectivity index (χ3v) is 1.34. The molecule has 0 fully saturated rings. The Hall–Kier alpha value is 0.0800. The van der Waals surface area contributed by atoms with Gasteiger partial charge in [-0.25, -0.2) is 0 Å². The molecule has 0 aromatic rings.